The molecule has 0 bridgehead atoms. The van der Waals surface area contributed by atoms with E-state index in [1.807, 2.05) is 0 Å². The molecule has 1 amide bonds. The third kappa shape index (κ3) is 6.09. The molecule has 6 nitrogen and oxygen atoms in total. The van der Waals surface area contributed by atoms with Gasteiger partial charge in [0, 0.05) is 38.3 Å². The van der Waals surface area contributed by atoms with E-state index in [0.717, 1.165) is 5.69 Å². The lowest BCUT2D eigenvalue weighted by atomic mass is 10.2. The van der Waals surface area contributed by atoms with Crippen LogP contribution in [-0.4, -0.2) is 49.6 Å². The monoisotopic (exact) mass is 323 g/mol. The standard InChI is InChI=1S/C15H21N3O3S/c1-18(2)14(20)11-6-8-12(9-7-11)17-15(22)16-10-4-5-13(19)21-3/h6-9H,4-5,10H2,1-3H3,(H2,16,17,22). The van der Waals surface area contributed by atoms with Gasteiger partial charge in [0.15, 0.2) is 5.11 Å². The number of nitrogens with zero attached hydrogens (tertiary/aromatic N) is 1. The largest absolute Gasteiger partial charge is 0.469 e. The lowest BCUT2D eigenvalue weighted by Gasteiger charge is -2.12. The minimum Gasteiger partial charge on any atom is -0.469 e. The van der Waals surface area contributed by atoms with Gasteiger partial charge in [-0.1, -0.05) is 0 Å². The minimum absolute atomic E-state index is 0.0462. The average molecular weight is 323 g/mol. The SMILES string of the molecule is COC(=O)CCCNC(=S)Nc1ccc(C(=O)N(C)C)cc1. The van der Waals surface area contributed by atoms with E-state index in [2.05, 4.69) is 15.4 Å². The zero-order valence-corrected chi connectivity index (χ0v) is 13.8. The highest BCUT2D eigenvalue weighted by Gasteiger charge is 2.07. The Labute approximate surface area is 135 Å². The van der Waals surface area contributed by atoms with E-state index in [9.17, 15) is 9.59 Å². The molecule has 0 heterocycles. The van der Waals surface area contributed by atoms with Crippen molar-refractivity contribution >= 4 is 34.9 Å². The molecule has 0 atom stereocenters. The van der Waals surface area contributed by atoms with Gasteiger partial charge < -0.3 is 20.3 Å². The molecule has 22 heavy (non-hydrogen) atoms. The first-order valence-corrected chi connectivity index (χ1v) is 7.28. The van der Waals surface area contributed by atoms with E-state index >= 15 is 0 Å². The van der Waals surface area contributed by atoms with Crippen molar-refractivity contribution in [3.05, 3.63) is 29.8 Å². The van der Waals surface area contributed by atoms with E-state index in [1.54, 1.807) is 38.4 Å². The Bertz CT molecular complexity index is 529. The highest BCUT2D eigenvalue weighted by molar-refractivity contribution is 7.80. The summed E-state index contributed by atoms with van der Waals surface area (Å²) in [6, 6.07) is 7.06. The number of anilines is 1. The van der Waals surface area contributed by atoms with Gasteiger partial charge in [-0.3, -0.25) is 9.59 Å². The molecular weight excluding hydrogens is 302 g/mol. The smallest absolute Gasteiger partial charge is 0.305 e. The van der Waals surface area contributed by atoms with Crippen LogP contribution >= 0.6 is 12.2 Å². The average Bonchev–Trinajstić information content (AvgIpc) is 2.51. The highest BCUT2D eigenvalue weighted by Crippen LogP contribution is 2.10. The van der Waals surface area contributed by atoms with Gasteiger partial charge in [-0.15, -0.1) is 0 Å². The van der Waals surface area contributed by atoms with Gasteiger partial charge in [-0.05, 0) is 42.9 Å². The zero-order valence-electron chi connectivity index (χ0n) is 13.0. The molecule has 7 heteroatoms. The Morgan fingerprint density at radius 3 is 2.41 bits per heavy atom. The molecule has 0 spiro atoms. The van der Waals surface area contributed by atoms with Crippen LogP contribution in [0.15, 0.2) is 24.3 Å². The summed E-state index contributed by atoms with van der Waals surface area (Å²) in [5, 5.41) is 6.49. The van der Waals surface area contributed by atoms with Crippen LogP contribution in [0.1, 0.15) is 23.2 Å². The van der Waals surface area contributed by atoms with Crippen LogP contribution in [0.4, 0.5) is 5.69 Å². The number of rotatable bonds is 6. The third-order valence-corrected chi connectivity index (χ3v) is 3.11. The summed E-state index contributed by atoms with van der Waals surface area (Å²) in [6.07, 6.45) is 0.998. The van der Waals surface area contributed by atoms with Crippen LogP contribution in [0.3, 0.4) is 0 Å². The number of ether oxygens (including phenoxy) is 1. The number of benzene rings is 1. The van der Waals surface area contributed by atoms with Gasteiger partial charge in [-0.25, -0.2) is 0 Å². The molecule has 0 saturated heterocycles. The fraction of sp³-hybridized carbons (Fsp3) is 0.400. The van der Waals surface area contributed by atoms with Crippen LogP contribution < -0.4 is 10.6 Å². The fourth-order valence-electron chi connectivity index (χ4n) is 1.67. The lowest BCUT2D eigenvalue weighted by molar-refractivity contribution is -0.140. The zero-order chi connectivity index (χ0) is 16.5. The first-order valence-electron chi connectivity index (χ1n) is 6.87. The normalized spacial score (nSPS) is 9.77. The number of carbonyl (C=O) groups is 2. The number of hydrogen-bond donors (Lipinski definition) is 2. The number of hydrogen-bond acceptors (Lipinski definition) is 4. The molecule has 0 fully saturated rings. The molecule has 0 aliphatic rings. The third-order valence-electron chi connectivity index (χ3n) is 2.87. The number of esters is 1. The molecule has 0 aliphatic heterocycles. The topological polar surface area (TPSA) is 70.7 Å². The summed E-state index contributed by atoms with van der Waals surface area (Å²) in [4.78, 5) is 24.2. The van der Waals surface area contributed by atoms with Gasteiger partial charge in [0.2, 0.25) is 0 Å². The van der Waals surface area contributed by atoms with Gasteiger partial charge in [-0.2, -0.15) is 0 Å². The number of nitrogens with one attached hydrogen (secondary N) is 2. The van der Waals surface area contributed by atoms with Crippen LogP contribution in [0.25, 0.3) is 0 Å². The predicted octanol–water partition coefficient (Wildman–Crippen LogP) is 1.63. The second-order valence-electron chi connectivity index (χ2n) is 4.84. The molecule has 0 unspecified atom stereocenters. The molecule has 1 aromatic carbocycles. The molecule has 120 valence electrons. The Morgan fingerprint density at radius 2 is 1.86 bits per heavy atom. The maximum absolute atomic E-state index is 11.8. The number of methoxy groups -OCH3 is 1. The van der Waals surface area contributed by atoms with Gasteiger partial charge in [0.1, 0.15) is 0 Å². The molecule has 0 aliphatic carbocycles. The summed E-state index contributed by atoms with van der Waals surface area (Å²) in [7, 11) is 4.79. The van der Waals surface area contributed by atoms with E-state index < -0.39 is 0 Å². The van der Waals surface area contributed by atoms with Crippen molar-refractivity contribution in [1.29, 1.82) is 0 Å². The molecule has 2 N–H and O–H groups in total. The minimum atomic E-state index is -0.234. The summed E-state index contributed by atoms with van der Waals surface area (Å²) in [5.41, 5.74) is 1.41. The summed E-state index contributed by atoms with van der Waals surface area (Å²) >= 11 is 5.16. The number of amides is 1. The van der Waals surface area contributed by atoms with Gasteiger partial charge in [0.05, 0.1) is 7.11 Å². The maximum atomic E-state index is 11.8. The van der Waals surface area contributed by atoms with Gasteiger partial charge in [0.25, 0.3) is 5.91 Å². The molecule has 1 aromatic rings. The molecule has 1 rings (SSSR count). The summed E-state index contributed by atoms with van der Waals surface area (Å²) < 4.78 is 4.55. The summed E-state index contributed by atoms with van der Waals surface area (Å²) in [6.45, 7) is 0.581. The van der Waals surface area contributed by atoms with E-state index in [4.69, 9.17) is 12.2 Å². The highest BCUT2D eigenvalue weighted by atomic mass is 32.1. The maximum Gasteiger partial charge on any atom is 0.305 e. The van der Waals surface area contributed by atoms with E-state index in [0.29, 0.717) is 30.1 Å². The fourth-order valence-corrected chi connectivity index (χ4v) is 1.89. The first kappa shape index (κ1) is 17.9. The van der Waals surface area contributed by atoms with Crippen LogP contribution in [0.2, 0.25) is 0 Å². The molecule has 0 saturated carbocycles. The molecule has 0 aromatic heterocycles. The van der Waals surface area contributed by atoms with Crippen molar-refractivity contribution in [2.45, 2.75) is 12.8 Å². The molecular formula is C15H21N3O3S. The Morgan fingerprint density at radius 1 is 1.23 bits per heavy atom. The first-order chi connectivity index (χ1) is 10.4. The van der Waals surface area contributed by atoms with E-state index in [1.165, 1.54) is 12.0 Å². The van der Waals surface area contributed by atoms with Crippen LogP contribution in [0.5, 0.6) is 0 Å². The van der Waals surface area contributed by atoms with E-state index in [-0.39, 0.29) is 11.9 Å². The molecule has 0 radical (unpaired) electrons. The quantitative estimate of drug-likeness (QED) is 0.471. The van der Waals surface area contributed by atoms with Crippen molar-refractivity contribution in [3.63, 3.8) is 0 Å². The van der Waals surface area contributed by atoms with Gasteiger partial charge >= 0.3 is 5.97 Å². The van der Waals surface area contributed by atoms with Crippen molar-refractivity contribution in [2.75, 3.05) is 33.1 Å². The Hall–Kier alpha value is -2.15. The lowest BCUT2D eigenvalue weighted by Crippen LogP contribution is -2.29. The second kappa shape index (κ2) is 8.99. The number of thiocarbonyl (C=S) groups is 1. The Balaban J connectivity index is 2.39. The number of carbonyl (C=O) groups excluding carboxylic acids is 2. The van der Waals surface area contributed by atoms with Crippen molar-refractivity contribution in [3.8, 4) is 0 Å². The van der Waals surface area contributed by atoms with Crippen molar-refractivity contribution < 1.29 is 14.3 Å². The summed E-state index contributed by atoms with van der Waals surface area (Å²) in [5.74, 6) is -0.281. The van der Waals surface area contributed by atoms with Crippen LogP contribution in [-0.2, 0) is 9.53 Å². The van der Waals surface area contributed by atoms with Crippen molar-refractivity contribution in [1.82, 2.24) is 10.2 Å². The Kier molecular flexibility index (Phi) is 7.31. The predicted molar refractivity (Wildman–Crippen MR) is 89.9 cm³/mol. The van der Waals surface area contributed by atoms with Crippen molar-refractivity contribution in [2.24, 2.45) is 0 Å². The van der Waals surface area contributed by atoms with Crippen LogP contribution in [0, 0.1) is 0 Å². The second-order valence-corrected chi connectivity index (χ2v) is 5.25.